The maximum Gasteiger partial charge on any atom is 0.306 e. The number of halogens is 4. The summed E-state index contributed by atoms with van der Waals surface area (Å²) in [6.45, 7) is 3.22. The Morgan fingerprint density at radius 3 is 2.08 bits per heavy atom. The number of aliphatic hydroxyl groups is 2. The number of benzene rings is 4. The van der Waals surface area contributed by atoms with Crippen LogP contribution in [-0.2, 0) is 27.4 Å². The van der Waals surface area contributed by atoms with Gasteiger partial charge in [-0.15, -0.1) is 0 Å². The topological polar surface area (TPSA) is 180 Å². The minimum atomic E-state index is -0.930. The van der Waals surface area contributed by atoms with E-state index < -0.39 is 22.5 Å². The predicted molar refractivity (Wildman–Crippen MR) is 186 cm³/mol. The summed E-state index contributed by atoms with van der Waals surface area (Å²) in [5.74, 6) is -1.32. The molecule has 1 saturated heterocycles. The molecule has 4 aromatic carbocycles. The Morgan fingerprint density at radius 2 is 1.54 bits per heavy atom. The van der Waals surface area contributed by atoms with E-state index in [0.717, 1.165) is 38.0 Å². The molecule has 5 rings (SSSR count). The van der Waals surface area contributed by atoms with E-state index >= 15 is 0 Å². The first-order chi connectivity index (χ1) is 23.0. The molecule has 1 fully saturated rings. The highest BCUT2D eigenvalue weighted by Crippen LogP contribution is 2.28. The summed E-state index contributed by atoms with van der Waals surface area (Å²) >= 11 is 6.28. The van der Waals surface area contributed by atoms with Gasteiger partial charge in [-0.1, -0.05) is 60.7 Å². The van der Waals surface area contributed by atoms with Crippen LogP contribution in [0.2, 0.25) is 0 Å². The number of nitro groups is 1. The first-order valence-electron chi connectivity index (χ1n) is 14.4. The fraction of sp³-hybridized carbons (Fsp3) is 0.273. The van der Waals surface area contributed by atoms with Crippen LogP contribution in [0.3, 0.4) is 0 Å². The molecule has 0 aliphatic carbocycles. The molecule has 0 aromatic heterocycles. The molecule has 15 heteroatoms. The van der Waals surface area contributed by atoms with Crippen molar-refractivity contribution in [3.8, 4) is 0 Å². The number of nitrogens with one attached hydrogen (secondary N) is 1. The van der Waals surface area contributed by atoms with Crippen molar-refractivity contribution < 1.29 is 43.9 Å². The Labute approximate surface area is 294 Å². The SMILES string of the molecule is CO.Nc1cc(F)c([N+](=O)[O-])cc1Br.[NH3+]c1cc(Br)c(NC[C@@H](O)COCc2ccccc2)cc1F.c1ccc(COC[C@H]2CO2)cc1. The number of hydrogen-bond donors (Lipinski definition) is 5. The third-order valence-electron chi connectivity index (χ3n) is 6.17. The fourth-order valence-corrected chi connectivity index (χ4v) is 4.50. The lowest BCUT2D eigenvalue weighted by molar-refractivity contribution is -0.387. The second-order valence-corrected chi connectivity index (χ2v) is 11.7. The summed E-state index contributed by atoms with van der Waals surface area (Å²) in [4.78, 5) is 9.38. The van der Waals surface area contributed by atoms with Crippen molar-refractivity contribution in [3.05, 3.63) is 127 Å². The summed E-state index contributed by atoms with van der Waals surface area (Å²) in [6.07, 6.45) is -0.313. The van der Waals surface area contributed by atoms with E-state index in [9.17, 15) is 24.0 Å². The highest BCUT2D eigenvalue weighted by Gasteiger charge is 2.22. The number of aliphatic hydroxyl groups excluding tert-OH is 2. The van der Waals surface area contributed by atoms with Crippen molar-refractivity contribution in [3.63, 3.8) is 0 Å². The molecule has 0 unspecified atom stereocenters. The van der Waals surface area contributed by atoms with Gasteiger partial charge in [0.1, 0.15) is 6.10 Å². The lowest BCUT2D eigenvalue weighted by Gasteiger charge is -2.14. The van der Waals surface area contributed by atoms with Gasteiger partial charge in [-0.05, 0) is 43.0 Å². The van der Waals surface area contributed by atoms with E-state index in [1.54, 1.807) is 6.07 Å². The van der Waals surface area contributed by atoms with Crippen LogP contribution in [0.1, 0.15) is 11.1 Å². The van der Waals surface area contributed by atoms with Gasteiger partial charge in [0, 0.05) is 52.6 Å². The molecule has 1 heterocycles. The maximum atomic E-state index is 13.5. The van der Waals surface area contributed by atoms with Crippen LogP contribution < -0.4 is 16.8 Å². The van der Waals surface area contributed by atoms with E-state index in [4.69, 9.17) is 25.1 Å². The van der Waals surface area contributed by atoms with Crippen molar-refractivity contribution in [2.24, 2.45) is 0 Å². The highest BCUT2D eigenvalue weighted by molar-refractivity contribution is 9.11. The average molecular weight is 802 g/mol. The van der Waals surface area contributed by atoms with E-state index in [1.807, 2.05) is 48.5 Å². The number of epoxide rings is 1. The number of nitrogens with zero attached hydrogens (tertiary/aromatic N) is 1. The van der Waals surface area contributed by atoms with Crippen LogP contribution in [0.15, 0.2) is 93.9 Å². The summed E-state index contributed by atoms with van der Waals surface area (Å²) in [7, 11) is 1.00. The van der Waals surface area contributed by atoms with Crippen molar-refractivity contribution in [1.29, 1.82) is 0 Å². The second-order valence-electron chi connectivity index (χ2n) is 10.00. The molecule has 0 spiro atoms. The zero-order valence-electron chi connectivity index (χ0n) is 26.2. The number of ether oxygens (including phenoxy) is 3. The quantitative estimate of drug-likeness (QED) is 0.0517. The Bertz CT molecular complexity index is 1540. The molecule has 260 valence electrons. The van der Waals surface area contributed by atoms with Gasteiger partial charge >= 0.3 is 5.69 Å². The normalized spacial score (nSPS) is 13.4. The third kappa shape index (κ3) is 15.6. The molecule has 0 radical (unpaired) electrons. The number of quaternary nitrogens is 1. The summed E-state index contributed by atoms with van der Waals surface area (Å²) in [6, 6.07) is 24.8. The summed E-state index contributed by atoms with van der Waals surface area (Å²) in [5, 5.41) is 30.1. The zero-order chi connectivity index (χ0) is 35.5. The monoisotopic (exact) mass is 799 g/mol. The second kappa shape index (κ2) is 22.2. The molecular formula is C33H39Br2F2N4O7+. The van der Waals surface area contributed by atoms with Crippen LogP contribution in [0.25, 0.3) is 0 Å². The van der Waals surface area contributed by atoms with Crippen molar-refractivity contribution in [2.45, 2.75) is 25.4 Å². The van der Waals surface area contributed by atoms with Gasteiger partial charge in [0.25, 0.3) is 0 Å². The first kappa shape index (κ1) is 40.6. The van der Waals surface area contributed by atoms with Gasteiger partial charge in [-0.25, -0.2) is 4.39 Å². The molecule has 2 atom stereocenters. The Hall–Kier alpha value is -3.54. The first-order valence-corrected chi connectivity index (χ1v) is 16.0. The number of nitro benzene ring substituents is 1. The van der Waals surface area contributed by atoms with E-state index in [1.165, 1.54) is 11.6 Å². The minimum absolute atomic E-state index is 0.137. The maximum absolute atomic E-state index is 13.5. The molecule has 1 aliphatic rings. The van der Waals surface area contributed by atoms with Crippen LogP contribution >= 0.6 is 31.9 Å². The Morgan fingerprint density at radius 1 is 0.979 bits per heavy atom. The van der Waals surface area contributed by atoms with Crippen molar-refractivity contribution >= 4 is 54.6 Å². The van der Waals surface area contributed by atoms with Gasteiger partial charge in [0.15, 0.2) is 11.5 Å². The molecule has 0 saturated carbocycles. The third-order valence-corrected chi connectivity index (χ3v) is 7.51. The van der Waals surface area contributed by atoms with Crippen LogP contribution in [0.4, 0.5) is 31.5 Å². The lowest BCUT2D eigenvalue weighted by Crippen LogP contribution is -2.41. The van der Waals surface area contributed by atoms with Crippen LogP contribution in [-0.4, -0.2) is 60.8 Å². The van der Waals surface area contributed by atoms with E-state index in [2.05, 4.69) is 55.0 Å². The summed E-state index contributed by atoms with van der Waals surface area (Å²) in [5.41, 5.74) is 11.6. The van der Waals surface area contributed by atoms with Gasteiger partial charge in [-0.2, -0.15) is 4.39 Å². The zero-order valence-corrected chi connectivity index (χ0v) is 29.3. The molecule has 48 heavy (non-hydrogen) atoms. The molecule has 8 N–H and O–H groups in total. The van der Waals surface area contributed by atoms with Crippen molar-refractivity contribution in [1.82, 2.24) is 0 Å². The molecular weight excluding hydrogens is 762 g/mol. The molecule has 0 bridgehead atoms. The lowest BCUT2D eigenvalue weighted by atomic mass is 10.2. The van der Waals surface area contributed by atoms with Crippen LogP contribution in [0, 0.1) is 21.7 Å². The predicted octanol–water partition coefficient (Wildman–Crippen LogP) is 5.74. The summed E-state index contributed by atoms with van der Waals surface area (Å²) < 4.78 is 43.1. The Kier molecular flexibility index (Phi) is 18.8. The van der Waals surface area contributed by atoms with E-state index in [0.29, 0.717) is 39.6 Å². The highest BCUT2D eigenvalue weighted by atomic mass is 79.9. The number of hydrogen-bond acceptors (Lipinski definition) is 9. The van der Waals surface area contributed by atoms with Gasteiger partial charge in [-0.3, -0.25) is 10.1 Å². The molecule has 11 nitrogen and oxygen atoms in total. The smallest absolute Gasteiger partial charge is 0.306 e. The number of anilines is 2. The molecule has 4 aromatic rings. The van der Waals surface area contributed by atoms with Crippen LogP contribution in [0.5, 0.6) is 0 Å². The average Bonchev–Trinajstić information content (AvgIpc) is 3.91. The van der Waals surface area contributed by atoms with Gasteiger partial charge < -0.3 is 41.2 Å². The van der Waals surface area contributed by atoms with Crippen molar-refractivity contribution in [2.75, 3.05) is 44.5 Å². The largest absolute Gasteiger partial charge is 0.400 e. The molecule has 0 amide bonds. The van der Waals surface area contributed by atoms with Gasteiger partial charge in [0.2, 0.25) is 5.82 Å². The number of nitrogen functional groups attached to an aromatic ring is 1. The number of rotatable bonds is 12. The fourth-order valence-electron chi connectivity index (χ4n) is 3.64. The van der Waals surface area contributed by atoms with E-state index in [-0.39, 0.29) is 24.7 Å². The minimum Gasteiger partial charge on any atom is -0.400 e. The number of nitrogens with two attached hydrogens (primary N) is 1. The standard InChI is InChI=1S/C16H18BrFN2O2.C10H12O2.C6H4BrFN2O2.CH4O/c17-13-6-15(19)14(18)7-16(13)20-8-12(21)10-22-9-11-4-2-1-3-5-11;1-2-4-9(5-3-1)6-11-7-10-8-12-10;7-3-1-6(10(11)12)4(8)2-5(3)9;1-2/h1-7,12,20-21H,8-10,19H2;1-5,10H,6-8H2;1-2H,9H2;2H,1H3/p+1/t12-;10-;;/m10../s1. The Balaban J connectivity index is 0.000000261. The molecule has 1 aliphatic heterocycles. The van der Waals surface area contributed by atoms with Gasteiger partial charge in [0.05, 0.1) is 49.7 Å².